The highest BCUT2D eigenvalue weighted by Gasteiger charge is 2.34. The molecule has 0 aliphatic carbocycles. The van der Waals surface area contributed by atoms with E-state index in [1.807, 2.05) is 18.2 Å². The highest BCUT2D eigenvalue weighted by atomic mass is 35.5. The molecule has 1 aliphatic heterocycles. The van der Waals surface area contributed by atoms with Gasteiger partial charge >= 0.3 is 0 Å². The van der Waals surface area contributed by atoms with Gasteiger partial charge in [0.1, 0.15) is 5.82 Å². The summed E-state index contributed by atoms with van der Waals surface area (Å²) in [7, 11) is 0. The zero-order chi connectivity index (χ0) is 17.3. The summed E-state index contributed by atoms with van der Waals surface area (Å²) in [5, 5.41) is 0.405. The summed E-state index contributed by atoms with van der Waals surface area (Å²) in [6, 6.07) is 13.2. The number of nitrogens with zero attached hydrogens (tertiary/aromatic N) is 2. The van der Waals surface area contributed by atoms with Crippen molar-refractivity contribution < 1.29 is 4.39 Å². The number of para-hydroxylation sites is 2. The monoisotopic (exact) mass is 384 g/mol. The van der Waals surface area contributed by atoms with Gasteiger partial charge in [-0.1, -0.05) is 23.7 Å². The van der Waals surface area contributed by atoms with Gasteiger partial charge in [-0.2, -0.15) is 0 Å². The Morgan fingerprint density at radius 1 is 1.08 bits per heavy atom. The molecule has 1 atom stereocenters. The molecule has 0 saturated carbocycles. The molecule has 0 spiro atoms. The van der Waals surface area contributed by atoms with Crippen LogP contribution in [0, 0.1) is 5.82 Å². The molecular weight excluding hydrogens is 366 g/mol. The minimum Gasteiger partial charge on any atom is -0.294 e. The van der Waals surface area contributed by atoms with E-state index in [1.54, 1.807) is 18.2 Å². The van der Waals surface area contributed by atoms with E-state index in [-0.39, 0.29) is 11.9 Å². The molecule has 2 aromatic carbocycles. The van der Waals surface area contributed by atoms with Crippen molar-refractivity contribution in [2.75, 3.05) is 14.5 Å². The molecule has 0 amide bonds. The van der Waals surface area contributed by atoms with E-state index in [4.69, 9.17) is 23.2 Å². The van der Waals surface area contributed by atoms with Crippen molar-refractivity contribution in [3.63, 3.8) is 0 Å². The highest BCUT2D eigenvalue weighted by Crippen LogP contribution is 2.50. The summed E-state index contributed by atoms with van der Waals surface area (Å²) in [4.78, 5) is 0. The third kappa shape index (κ3) is 3.46. The molecular formula is C18H19Cl2FN2S. The number of hydrogen-bond donors (Lipinski definition) is 0. The average molecular weight is 385 g/mol. The van der Waals surface area contributed by atoms with E-state index >= 15 is 0 Å². The Kier molecular flexibility index (Phi) is 5.48. The van der Waals surface area contributed by atoms with Crippen molar-refractivity contribution in [2.45, 2.75) is 32.4 Å². The molecule has 2 nitrogen and oxygen atoms in total. The topological polar surface area (TPSA) is 6.48 Å². The average Bonchev–Trinajstić information content (AvgIpc) is 2.91. The van der Waals surface area contributed by atoms with Crippen molar-refractivity contribution in [1.29, 1.82) is 0 Å². The number of benzene rings is 2. The van der Waals surface area contributed by atoms with Crippen molar-refractivity contribution in [3.05, 3.63) is 58.9 Å². The second kappa shape index (κ2) is 7.42. The Morgan fingerprint density at radius 3 is 2.33 bits per heavy atom. The van der Waals surface area contributed by atoms with Crippen LogP contribution in [0.3, 0.4) is 0 Å². The van der Waals surface area contributed by atoms with Gasteiger partial charge in [0, 0.05) is 16.9 Å². The van der Waals surface area contributed by atoms with Gasteiger partial charge in [-0.3, -0.25) is 8.61 Å². The molecule has 0 radical (unpaired) electrons. The third-order valence-electron chi connectivity index (χ3n) is 3.94. The summed E-state index contributed by atoms with van der Waals surface area (Å²) in [6.07, 6.45) is 0.703. The first-order valence-electron chi connectivity index (χ1n) is 7.89. The smallest absolute Gasteiger partial charge is 0.125 e. The molecule has 0 bridgehead atoms. The van der Waals surface area contributed by atoms with Crippen molar-refractivity contribution in [2.24, 2.45) is 0 Å². The molecule has 0 N–H and O–H groups in total. The molecule has 1 unspecified atom stereocenters. The SMILES string of the molecule is CC(C)N1SN(C(CCCl)c2cc(F)cc(Cl)c2)c2ccccc21. The van der Waals surface area contributed by atoms with E-state index < -0.39 is 0 Å². The van der Waals surface area contributed by atoms with Gasteiger partial charge in [0.25, 0.3) is 0 Å². The number of rotatable bonds is 5. The van der Waals surface area contributed by atoms with Gasteiger partial charge in [0.2, 0.25) is 0 Å². The molecule has 1 aliphatic rings. The Bertz CT molecular complexity index is 706. The molecule has 2 aromatic rings. The zero-order valence-electron chi connectivity index (χ0n) is 13.5. The number of alkyl halides is 1. The zero-order valence-corrected chi connectivity index (χ0v) is 15.9. The second-order valence-corrected chi connectivity index (χ2v) is 7.78. The fourth-order valence-corrected chi connectivity index (χ4v) is 4.55. The van der Waals surface area contributed by atoms with Crippen LogP contribution in [0.2, 0.25) is 5.02 Å². The van der Waals surface area contributed by atoms with Gasteiger partial charge in [0.05, 0.1) is 29.6 Å². The minimum absolute atomic E-state index is 0.0504. The first-order chi connectivity index (χ1) is 11.5. The highest BCUT2D eigenvalue weighted by molar-refractivity contribution is 8.02. The van der Waals surface area contributed by atoms with Gasteiger partial charge in [-0.25, -0.2) is 4.39 Å². The minimum atomic E-state index is -0.324. The van der Waals surface area contributed by atoms with Crippen LogP contribution in [0.5, 0.6) is 0 Å². The molecule has 0 aromatic heterocycles. The maximum absolute atomic E-state index is 13.9. The maximum atomic E-state index is 13.9. The van der Waals surface area contributed by atoms with Crippen LogP contribution >= 0.6 is 35.3 Å². The fraction of sp³-hybridized carbons (Fsp3) is 0.333. The molecule has 6 heteroatoms. The summed E-state index contributed by atoms with van der Waals surface area (Å²) < 4.78 is 18.3. The van der Waals surface area contributed by atoms with Gasteiger partial charge in [0.15, 0.2) is 0 Å². The summed E-state index contributed by atoms with van der Waals surface area (Å²) >= 11 is 13.8. The Morgan fingerprint density at radius 2 is 1.75 bits per heavy atom. The largest absolute Gasteiger partial charge is 0.294 e. The summed E-state index contributed by atoms with van der Waals surface area (Å²) in [5.74, 6) is 0.162. The molecule has 0 saturated heterocycles. The Hall–Kier alpha value is -1.10. The fourth-order valence-electron chi connectivity index (χ4n) is 2.91. The lowest BCUT2D eigenvalue weighted by atomic mass is 10.0. The normalized spacial score (nSPS) is 15.1. The molecule has 0 fully saturated rings. The van der Waals surface area contributed by atoms with Crippen LogP contribution in [-0.4, -0.2) is 11.9 Å². The predicted molar refractivity (Wildman–Crippen MR) is 104 cm³/mol. The first kappa shape index (κ1) is 17.7. The predicted octanol–water partition coefficient (Wildman–Crippen LogP) is 6.45. The van der Waals surface area contributed by atoms with Crippen LogP contribution in [0.25, 0.3) is 0 Å². The quantitative estimate of drug-likeness (QED) is 0.432. The molecule has 1 heterocycles. The van der Waals surface area contributed by atoms with Crippen LogP contribution in [-0.2, 0) is 0 Å². The molecule has 128 valence electrons. The van der Waals surface area contributed by atoms with E-state index in [2.05, 4.69) is 34.6 Å². The van der Waals surface area contributed by atoms with Gasteiger partial charge < -0.3 is 0 Å². The third-order valence-corrected chi connectivity index (χ3v) is 5.79. The second-order valence-electron chi connectivity index (χ2n) is 6.01. The van der Waals surface area contributed by atoms with Crippen molar-refractivity contribution in [1.82, 2.24) is 0 Å². The van der Waals surface area contributed by atoms with E-state index in [1.165, 1.54) is 11.8 Å². The lowest BCUT2D eigenvalue weighted by Gasteiger charge is -2.29. The van der Waals surface area contributed by atoms with E-state index in [9.17, 15) is 4.39 Å². The van der Waals surface area contributed by atoms with Crippen LogP contribution in [0.1, 0.15) is 31.9 Å². The van der Waals surface area contributed by atoms with Crippen molar-refractivity contribution >= 4 is 46.7 Å². The first-order valence-corrected chi connectivity index (χ1v) is 9.53. The lowest BCUT2D eigenvalue weighted by molar-refractivity contribution is 0.618. The van der Waals surface area contributed by atoms with Crippen LogP contribution < -0.4 is 8.61 Å². The summed E-state index contributed by atoms with van der Waals surface area (Å²) in [5.41, 5.74) is 3.12. The van der Waals surface area contributed by atoms with Crippen LogP contribution in [0.4, 0.5) is 15.8 Å². The Balaban J connectivity index is 2.03. The van der Waals surface area contributed by atoms with Gasteiger partial charge in [-0.05, 0) is 56.2 Å². The number of halogens is 3. The van der Waals surface area contributed by atoms with Crippen molar-refractivity contribution in [3.8, 4) is 0 Å². The molecule has 3 rings (SSSR count). The number of fused-ring (bicyclic) bond motifs is 1. The standard InChI is InChI=1S/C18H19Cl2FN2S/c1-12(2)22-17-5-3-4-6-18(17)23(24-22)16(7-8-19)13-9-14(20)11-15(21)10-13/h3-6,9-12,16H,7-8H2,1-2H3. The number of anilines is 2. The molecule has 24 heavy (non-hydrogen) atoms. The van der Waals surface area contributed by atoms with Gasteiger partial charge in [-0.15, -0.1) is 11.6 Å². The number of hydrogen-bond acceptors (Lipinski definition) is 3. The lowest BCUT2D eigenvalue weighted by Crippen LogP contribution is -2.26. The van der Waals surface area contributed by atoms with E-state index in [0.717, 1.165) is 11.3 Å². The summed E-state index contributed by atoms with van der Waals surface area (Å²) in [6.45, 7) is 4.31. The maximum Gasteiger partial charge on any atom is 0.125 e. The Labute approximate surface area is 156 Å². The van der Waals surface area contributed by atoms with E-state index in [0.29, 0.717) is 23.4 Å². The van der Waals surface area contributed by atoms with Crippen LogP contribution in [0.15, 0.2) is 42.5 Å².